The maximum absolute atomic E-state index is 12.5. The third-order valence-electron chi connectivity index (χ3n) is 3.30. The molecule has 0 aromatic carbocycles. The summed E-state index contributed by atoms with van der Waals surface area (Å²) in [6.07, 6.45) is 2.74. The van der Waals surface area contributed by atoms with E-state index in [1.54, 1.807) is 4.68 Å². The fourth-order valence-corrected chi connectivity index (χ4v) is 4.08. The lowest BCUT2D eigenvalue weighted by Crippen LogP contribution is -2.21. The number of methoxy groups -OCH3 is 1. The standard InChI is InChI=1S/C12H18N2O4S/c1-3-5-14-11(10(18-2)7-13-14)12(15)9-4-6-19(16,17)8-9/h7,9H,3-6,8H2,1-2H3. The van der Waals surface area contributed by atoms with Crippen LogP contribution in [-0.2, 0) is 16.4 Å². The summed E-state index contributed by atoms with van der Waals surface area (Å²) in [4.78, 5) is 12.5. The summed E-state index contributed by atoms with van der Waals surface area (Å²) in [5.74, 6) is -0.197. The third kappa shape index (κ3) is 2.80. The fourth-order valence-electron chi connectivity index (χ4n) is 2.34. The molecule has 1 aromatic rings. The van der Waals surface area contributed by atoms with Gasteiger partial charge >= 0.3 is 0 Å². The first-order chi connectivity index (χ1) is 8.98. The Morgan fingerprint density at radius 2 is 2.32 bits per heavy atom. The highest BCUT2D eigenvalue weighted by atomic mass is 32.2. The number of nitrogens with zero attached hydrogens (tertiary/aromatic N) is 2. The van der Waals surface area contributed by atoms with Gasteiger partial charge in [-0.3, -0.25) is 9.48 Å². The largest absolute Gasteiger partial charge is 0.493 e. The van der Waals surface area contributed by atoms with Crippen molar-refractivity contribution < 1.29 is 17.9 Å². The highest BCUT2D eigenvalue weighted by Crippen LogP contribution is 2.27. The lowest BCUT2D eigenvalue weighted by atomic mass is 10.0. The minimum absolute atomic E-state index is 0.0632. The second-order valence-corrected chi connectivity index (χ2v) is 6.98. The molecule has 0 amide bonds. The number of hydrogen-bond donors (Lipinski definition) is 0. The smallest absolute Gasteiger partial charge is 0.188 e. The molecule has 1 aliphatic heterocycles. The Hall–Kier alpha value is -1.37. The molecule has 0 saturated carbocycles. The maximum Gasteiger partial charge on any atom is 0.188 e. The van der Waals surface area contributed by atoms with E-state index in [2.05, 4.69) is 5.10 Å². The molecule has 0 spiro atoms. The normalized spacial score (nSPS) is 21.5. The summed E-state index contributed by atoms with van der Waals surface area (Å²) >= 11 is 0. The zero-order valence-electron chi connectivity index (χ0n) is 11.1. The summed E-state index contributed by atoms with van der Waals surface area (Å²) in [5, 5.41) is 4.13. The van der Waals surface area contributed by atoms with E-state index in [1.807, 2.05) is 6.92 Å². The van der Waals surface area contributed by atoms with E-state index in [4.69, 9.17) is 4.74 Å². The molecule has 1 atom stereocenters. The molecule has 1 aliphatic rings. The van der Waals surface area contributed by atoms with E-state index in [9.17, 15) is 13.2 Å². The van der Waals surface area contributed by atoms with Gasteiger partial charge in [0.25, 0.3) is 0 Å². The van der Waals surface area contributed by atoms with Crippen molar-refractivity contribution in [2.24, 2.45) is 5.92 Å². The quantitative estimate of drug-likeness (QED) is 0.752. The number of rotatable bonds is 5. The van der Waals surface area contributed by atoms with Gasteiger partial charge in [0.05, 0.1) is 24.8 Å². The molecule has 1 aromatic heterocycles. The van der Waals surface area contributed by atoms with Crippen LogP contribution in [0.1, 0.15) is 30.3 Å². The molecule has 2 heterocycles. The Labute approximate surface area is 112 Å². The monoisotopic (exact) mass is 286 g/mol. The van der Waals surface area contributed by atoms with E-state index < -0.39 is 15.8 Å². The van der Waals surface area contributed by atoms with Crippen LogP contribution in [0.5, 0.6) is 5.75 Å². The minimum atomic E-state index is -3.07. The minimum Gasteiger partial charge on any atom is -0.493 e. The van der Waals surface area contributed by atoms with Gasteiger partial charge in [0.2, 0.25) is 0 Å². The van der Waals surface area contributed by atoms with Crippen molar-refractivity contribution in [3.63, 3.8) is 0 Å². The van der Waals surface area contributed by atoms with Gasteiger partial charge in [-0.1, -0.05) is 6.92 Å². The molecule has 19 heavy (non-hydrogen) atoms. The fraction of sp³-hybridized carbons (Fsp3) is 0.667. The van der Waals surface area contributed by atoms with Gasteiger partial charge in [0.1, 0.15) is 5.69 Å². The van der Waals surface area contributed by atoms with Crippen LogP contribution in [0.2, 0.25) is 0 Å². The van der Waals surface area contributed by atoms with Crippen LogP contribution in [0.15, 0.2) is 6.20 Å². The number of sulfone groups is 1. The van der Waals surface area contributed by atoms with Crippen LogP contribution in [0.3, 0.4) is 0 Å². The molecular weight excluding hydrogens is 268 g/mol. The summed E-state index contributed by atoms with van der Waals surface area (Å²) in [6.45, 7) is 2.60. The molecule has 2 rings (SSSR count). The molecule has 106 valence electrons. The van der Waals surface area contributed by atoms with Crippen LogP contribution < -0.4 is 4.74 Å². The average Bonchev–Trinajstić information content (AvgIpc) is 2.92. The Balaban J connectivity index is 2.30. The molecule has 1 unspecified atom stereocenters. The number of aryl methyl sites for hydroxylation is 1. The Morgan fingerprint density at radius 1 is 1.58 bits per heavy atom. The van der Waals surface area contributed by atoms with Crippen LogP contribution in [0.4, 0.5) is 0 Å². The number of hydrogen-bond acceptors (Lipinski definition) is 5. The van der Waals surface area contributed by atoms with Crippen molar-refractivity contribution in [1.82, 2.24) is 9.78 Å². The first kappa shape index (κ1) is 14.0. The van der Waals surface area contributed by atoms with Crippen LogP contribution in [0.25, 0.3) is 0 Å². The molecule has 0 aliphatic carbocycles. The van der Waals surface area contributed by atoms with Crippen molar-refractivity contribution in [2.45, 2.75) is 26.3 Å². The number of ether oxygens (including phenoxy) is 1. The number of ketones is 1. The summed E-state index contributed by atoms with van der Waals surface area (Å²) in [7, 11) is -1.59. The van der Waals surface area contributed by atoms with E-state index in [0.29, 0.717) is 24.4 Å². The topological polar surface area (TPSA) is 78.3 Å². The van der Waals surface area contributed by atoms with Gasteiger partial charge in [-0.2, -0.15) is 5.10 Å². The van der Waals surface area contributed by atoms with Crippen molar-refractivity contribution in [2.75, 3.05) is 18.6 Å². The van der Waals surface area contributed by atoms with Crippen molar-refractivity contribution in [1.29, 1.82) is 0 Å². The summed E-state index contributed by atoms with van der Waals surface area (Å²) in [5.41, 5.74) is 0.395. The second kappa shape index (κ2) is 5.32. The van der Waals surface area contributed by atoms with E-state index in [1.165, 1.54) is 13.3 Å². The number of carbonyl (C=O) groups excluding carboxylic acids is 1. The van der Waals surface area contributed by atoms with Crippen LogP contribution >= 0.6 is 0 Å². The van der Waals surface area contributed by atoms with Crippen molar-refractivity contribution in [3.05, 3.63) is 11.9 Å². The number of carbonyl (C=O) groups is 1. The molecule has 0 radical (unpaired) electrons. The SMILES string of the molecule is CCCn1ncc(OC)c1C(=O)C1CCS(=O)(=O)C1. The van der Waals surface area contributed by atoms with E-state index in [-0.39, 0.29) is 17.3 Å². The van der Waals surface area contributed by atoms with E-state index >= 15 is 0 Å². The molecule has 0 bridgehead atoms. The second-order valence-electron chi connectivity index (χ2n) is 4.75. The van der Waals surface area contributed by atoms with Gasteiger partial charge in [0, 0.05) is 12.5 Å². The van der Waals surface area contributed by atoms with Crippen LogP contribution in [-0.4, -0.2) is 42.6 Å². The lowest BCUT2D eigenvalue weighted by molar-refractivity contribution is 0.0919. The van der Waals surface area contributed by atoms with Gasteiger partial charge in [-0.25, -0.2) is 8.42 Å². The predicted octanol–water partition coefficient (Wildman–Crippen LogP) is 0.919. The molecule has 7 heteroatoms. The van der Waals surface area contributed by atoms with Crippen molar-refractivity contribution >= 4 is 15.6 Å². The lowest BCUT2D eigenvalue weighted by Gasteiger charge is -2.10. The molecule has 6 nitrogen and oxygen atoms in total. The Kier molecular flexibility index (Phi) is 3.93. The third-order valence-corrected chi connectivity index (χ3v) is 5.07. The summed E-state index contributed by atoms with van der Waals surface area (Å²) in [6, 6.07) is 0. The zero-order valence-corrected chi connectivity index (χ0v) is 11.9. The zero-order chi connectivity index (χ0) is 14.0. The van der Waals surface area contributed by atoms with Crippen LogP contribution in [0, 0.1) is 5.92 Å². The van der Waals surface area contributed by atoms with E-state index in [0.717, 1.165) is 6.42 Å². The van der Waals surface area contributed by atoms with Gasteiger partial charge in [0.15, 0.2) is 21.4 Å². The van der Waals surface area contributed by atoms with Crippen molar-refractivity contribution in [3.8, 4) is 5.75 Å². The number of Topliss-reactive ketones (excluding diaryl/α,β-unsaturated/α-hetero) is 1. The summed E-state index contributed by atoms with van der Waals surface area (Å²) < 4.78 is 29.7. The van der Waals surface area contributed by atoms with Gasteiger partial charge in [-0.05, 0) is 12.8 Å². The average molecular weight is 286 g/mol. The Morgan fingerprint density at radius 3 is 2.84 bits per heavy atom. The first-order valence-corrected chi connectivity index (χ1v) is 8.15. The molecular formula is C12H18N2O4S. The van der Waals surface area contributed by atoms with Gasteiger partial charge < -0.3 is 4.74 Å². The Bertz CT molecular complexity index is 577. The number of aromatic nitrogens is 2. The molecule has 1 saturated heterocycles. The highest BCUT2D eigenvalue weighted by molar-refractivity contribution is 7.91. The first-order valence-electron chi connectivity index (χ1n) is 6.33. The maximum atomic E-state index is 12.5. The molecule has 1 fully saturated rings. The molecule has 0 N–H and O–H groups in total. The van der Waals surface area contributed by atoms with Gasteiger partial charge in [-0.15, -0.1) is 0 Å². The highest BCUT2D eigenvalue weighted by Gasteiger charge is 2.36. The predicted molar refractivity (Wildman–Crippen MR) is 70.2 cm³/mol.